The summed E-state index contributed by atoms with van der Waals surface area (Å²) < 4.78 is 14.8. The van der Waals surface area contributed by atoms with Crippen LogP contribution in [0.3, 0.4) is 0 Å². The summed E-state index contributed by atoms with van der Waals surface area (Å²) in [5.74, 6) is -0.378. The van der Waals surface area contributed by atoms with E-state index in [2.05, 4.69) is 62.3 Å². The molecule has 0 spiro atoms. The van der Waals surface area contributed by atoms with Gasteiger partial charge in [0.25, 0.3) is 0 Å². The molecule has 0 radical (unpaired) electrons. The molecular formula is C33H70O3Sn2. The van der Waals surface area contributed by atoms with E-state index in [0.29, 0.717) is 1.95 Å². The van der Waals surface area contributed by atoms with Crippen molar-refractivity contribution < 1.29 is 14.6 Å². The molecule has 0 aliphatic rings. The third-order valence-electron chi connectivity index (χ3n) is 9.55. The number of aliphatic hydroxyl groups is 1. The minimum atomic E-state index is -2.98. The van der Waals surface area contributed by atoms with Gasteiger partial charge in [0, 0.05) is 0 Å². The number of rotatable bonds is 23. The van der Waals surface area contributed by atoms with E-state index in [1.807, 2.05) is 0 Å². The number of unbranched alkanes of at least 4 members (excludes halogenated alkanes) is 6. The van der Waals surface area contributed by atoms with Crippen LogP contribution in [0.15, 0.2) is 0 Å². The van der Waals surface area contributed by atoms with Crippen molar-refractivity contribution in [3.63, 3.8) is 0 Å². The van der Waals surface area contributed by atoms with E-state index in [-0.39, 0.29) is 17.3 Å². The summed E-state index contributed by atoms with van der Waals surface area (Å²) in [5, 5.41) is 12.2. The van der Waals surface area contributed by atoms with Crippen LogP contribution in [0.25, 0.3) is 0 Å². The summed E-state index contributed by atoms with van der Waals surface area (Å²) in [6.07, 6.45) is 14.7. The molecule has 0 aliphatic carbocycles. The van der Waals surface area contributed by atoms with Gasteiger partial charge in [-0.2, -0.15) is 0 Å². The van der Waals surface area contributed by atoms with Crippen molar-refractivity contribution in [2.24, 2.45) is 11.3 Å². The summed E-state index contributed by atoms with van der Waals surface area (Å²) in [4.78, 5) is 14.1. The van der Waals surface area contributed by atoms with Crippen LogP contribution in [-0.2, 0) is 9.53 Å². The topological polar surface area (TPSA) is 46.5 Å². The van der Waals surface area contributed by atoms with Crippen LogP contribution < -0.4 is 0 Å². The van der Waals surface area contributed by atoms with Crippen LogP contribution in [0.5, 0.6) is 0 Å². The molecule has 0 saturated heterocycles. The zero-order valence-electron chi connectivity index (χ0n) is 27.7. The average molecular weight is 752 g/mol. The summed E-state index contributed by atoms with van der Waals surface area (Å²) >= 11 is -5.96. The molecule has 0 heterocycles. The Morgan fingerprint density at radius 2 is 0.895 bits per heavy atom. The Balaban J connectivity index is 7.70. The molecule has 2 atom stereocenters. The standard InChI is InChI=1S/C9H16O3.6C4H9.2Sn/c1-6(8(11)12-5)7(10)9(2,3)4;6*1-3-4-2;;/h1,6-7,10H,2-5H3;6*1,3-4H2,2H3;;/t6-,7+;;;;;;;;/m1......../s1. The van der Waals surface area contributed by atoms with Gasteiger partial charge in [-0.05, 0) is 0 Å². The number of carbonyl (C=O) groups is 1. The summed E-state index contributed by atoms with van der Waals surface area (Å²) in [7, 11) is 1.59. The van der Waals surface area contributed by atoms with Crippen LogP contribution in [0.1, 0.15) is 139 Å². The summed E-state index contributed by atoms with van der Waals surface area (Å²) in [5.41, 5.74) is -0.327. The molecule has 0 rings (SSSR count). The molecule has 0 aromatic heterocycles. The van der Waals surface area contributed by atoms with Gasteiger partial charge in [-0.15, -0.1) is 0 Å². The average Bonchev–Trinajstić information content (AvgIpc) is 2.90. The molecule has 0 aromatic carbocycles. The van der Waals surface area contributed by atoms with E-state index in [0.717, 1.165) is 0 Å². The second-order valence-electron chi connectivity index (χ2n) is 13.7. The molecule has 0 fully saturated rings. The Morgan fingerprint density at radius 1 is 0.632 bits per heavy atom. The van der Waals surface area contributed by atoms with E-state index >= 15 is 0 Å². The molecule has 1 N–H and O–H groups in total. The van der Waals surface area contributed by atoms with E-state index in [1.54, 1.807) is 7.11 Å². The van der Waals surface area contributed by atoms with Crippen molar-refractivity contribution in [1.29, 1.82) is 0 Å². The van der Waals surface area contributed by atoms with Gasteiger partial charge in [-0.1, -0.05) is 0 Å². The Kier molecular flexibility index (Phi) is 21.4. The molecule has 38 heavy (non-hydrogen) atoms. The molecule has 0 saturated carbocycles. The zero-order valence-corrected chi connectivity index (χ0v) is 33.4. The first-order chi connectivity index (χ1) is 18.0. The molecule has 0 aromatic rings. The number of esters is 1. The normalized spacial score (nSPS) is 14.6. The molecule has 0 amide bonds. The first-order valence-corrected chi connectivity index (χ1v) is 32.2. The van der Waals surface area contributed by atoms with Crippen molar-refractivity contribution in [3.05, 3.63) is 0 Å². The SMILES string of the molecule is CCC[CH2][Sn]([CH2]CCC)([CH2]CCC)[CH]([C@@H](C(=O)OC)[C@H](O)C(C)(C)C)[Sn]([CH2]CCC)([CH2]CCC)[CH2]CCC. The predicted molar refractivity (Wildman–Crippen MR) is 175 cm³/mol. The minimum absolute atomic E-state index is 0.0754. The number of carbonyl (C=O) groups excluding carboxylic acids is 1. The molecule has 228 valence electrons. The summed E-state index contributed by atoms with van der Waals surface area (Å²) in [6.45, 7) is 20.6. The molecule has 0 unspecified atom stereocenters. The fraction of sp³-hybridized carbons (Fsp3) is 0.970. The maximum atomic E-state index is 14.1. The van der Waals surface area contributed by atoms with Gasteiger partial charge in [0.1, 0.15) is 0 Å². The van der Waals surface area contributed by atoms with Crippen molar-refractivity contribution in [2.75, 3.05) is 7.11 Å². The van der Waals surface area contributed by atoms with Crippen molar-refractivity contribution in [3.8, 4) is 0 Å². The number of hydrogen-bond acceptors (Lipinski definition) is 3. The van der Waals surface area contributed by atoms with Gasteiger partial charge in [0.2, 0.25) is 0 Å². The Labute approximate surface area is 248 Å². The van der Waals surface area contributed by atoms with E-state index < -0.39 is 42.9 Å². The number of ether oxygens (including phenoxy) is 1. The maximum absolute atomic E-state index is 14.1. The van der Waals surface area contributed by atoms with Crippen molar-refractivity contribution >= 4 is 42.7 Å². The molecule has 3 nitrogen and oxygen atoms in total. The van der Waals surface area contributed by atoms with Gasteiger partial charge in [0.15, 0.2) is 0 Å². The van der Waals surface area contributed by atoms with Crippen LogP contribution in [-0.4, -0.2) is 61.0 Å². The van der Waals surface area contributed by atoms with Crippen LogP contribution in [0.2, 0.25) is 28.6 Å². The van der Waals surface area contributed by atoms with Gasteiger partial charge >= 0.3 is 250 Å². The predicted octanol–water partition coefficient (Wildman–Crippen LogP) is 10.8. The van der Waals surface area contributed by atoms with Gasteiger partial charge < -0.3 is 0 Å². The Morgan fingerprint density at radius 3 is 1.08 bits per heavy atom. The van der Waals surface area contributed by atoms with E-state index in [9.17, 15) is 9.90 Å². The monoisotopic (exact) mass is 754 g/mol. The quantitative estimate of drug-likeness (QED) is 0.0835. The zero-order chi connectivity index (χ0) is 29.2. The molecule has 0 bridgehead atoms. The third-order valence-corrected chi connectivity index (χ3v) is 65.7. The second kappa shape index (κ2) is 20.8. The fourth-order valence-corrected chi connectivity index (χ4v) is 86.4. The van der Waals surface area contributed by atoms with Crippen molar-refractivity contribution in [2.45, 2.75) is 174 Å². The Hall–Kier alpha value is 1.03. The first-order valence-electron chi connectivity index (χ1n) is 16.8. The molecule has 5 heteroatoms. The van der Waals surface area contributed by atoms with Crippen LogP contribution in [0.4, 0.5) is 0 Å². The third kappa shape index (κ3) is 12.1. The molecular weight excluding hydrogens is 682 g/mol. The van der Waals surface area contributed by atoms with Gasteiger partial charge in [-0.3, -0.25) is 0 Å². The number of aliphatic hydroxyl groups excluding tert-OH is 1. The van der Waals surface area contributed by atoms with Gasteiger partial charge in [0.05, 0.1) is 0 Å². The fourth-order valence-electron chi connectivity index (χ4n) is 7.39. The van der Waals surface area contributed by atoms with Gasteiger partial charge in [-0.25, -0.2) is 0 Å². The second-order valence-corrected chi connectivity index (χ2v) is 46.1. The number of hydrogen-bond donors (Lipinski definition) is 1. The van der Waals surface area contributed by atoms with Crippen LogP contribution >= 0.6 is 0 Å². The van der Waals surface area contributed by atoms with Crippen LogP contribution in [0, 0.1) is 11.3 Å². The van der Waals surface area contributed by atoms with Crippen molar-refractivity contribution in [1.82, 2.24) is 0 Å². The molecule has 0 aliphatic heterocycles. The number of methoxy groups -OCH3 is 1. The Bertz CT molecular complexity index is 526. The van der Waals surface area contributed by atoms with E-state index in [1.165, 1.54) is 104 Å². The first kappa shape index (κ1) is 39.0. The van der Waals surface area contributed by atoms with E-state index in [4.69, 9.17) is 4.74 Å². The summed E-state index contributed by atoms with van der Waals surface area (Å²) in [6, 6.07) is 0.